The summed E-state index contributed by atoms with van der Waals surface area (Å²) < 4.78 is 5.77. The van der Waals surface area contributed by atoms with Crippen LogP contribution in [0.4, 0.5) is 6.01 Å². The number of fused-ring (bicyclic) bond motifs is 1. The molecule has 29 heavy (non-hydrogen) atoms. The molecule has 1 fully saturated rings. The van der Waals surface area contributed by atoms with E-state index in [-0.39, 0.29) is 17.7 Å². The van der Waals surface area contributed by atoms with Gasteiger partial charge in [-0.2, -0.15) is 0 Å². The van der Waals surface area contributed by atoms with Crippen LogP contribution in [0.1, 0.15) is 36.9 Å². The molecule has 3 aromatic rings. The number of aromatic amines is 1. The smallest absolute Gasteiger partial charge is 0.298 e. The monoisotopic (exact) mass is 395 g/mol. The zero-order valence-corrected chi connectivity index (χ0v) is 17.3. The third-order valence-electron chi connectivity index (χ3n) is 5.61. The van der Waals surface area contributed by atoms with Crippen LogP contribution >= 0.6 is 0 Å². The molecule has 0 radical (unpaired) electrons. The molecule has 2 N–H and O–H groups in total. The lowest BCUT2D eigenvalue weighted by Crippen LogP contribution is -2.49. The first-order valence-electron chi connectivity index (χ1n) is 10.3. The maximum atomic E-state index is 12.6. The lowest BCUT2D eigenvalue weighted by molar-refractivity contribution is 0.0912. The Bertz CT molecular complexity index is 968. The number of rotatable bonds is 6. The van der Waals surface area contributed by atoms with Gasteiger partial charge in [-0.15, -0.1) is 0 Å². The quantitative estimate of drug-likeness (QED) is 0.671. The lowest BCUT2D eigenvalue weighted by Gasteiger charge is -2.36. The minimum atomic E-state index is -0.225. The number of carbonyl (C=O) groups is 1. The number of hydrogen-bond donors (Lipinski definition) is 2. The van der Waals surface area contributed by atoms with Crippen LogP contribution in [0.3, 0.4) is 0 Å². The van der Waals surface area contributed by atoms with Crippen molar-refractivity contribution in [1.29, 1.82) is 0 Å². The zero-order valence-electron chi connectivity index (χ0n) is 17.3. The lowest BCUT2D eigenvalue weighted by atomic mass is 10.1. The number of carbonyl (C=O) groups excluding carboxylic acids is 1. The molecule has 154 valence electrons. The van der Waals surface area contributed by atoms with Gasteiger partial charge in [0, 0.05) is 55.4 Å². The van der Waals surface area contributed by atoms with Crippen LogP contribution in [-0.2, 0) is 6.42 Å². The maximum absolute atomic E-state index is 12.6. The van der Waals surface area contributed by atoms with Crippen LogP contribution in [0, 0.1) is 0 Å². The highest BCUT2D eigenvalue weighted by Crippen LogP contribution is 2.20. The van der Waals surface area contributed by atoms with Crippen LogP contribution in [0.2, 0.25) is 0 Å². The Balaban J connectivity index is 1.34. The number of piperazine rings is 1. The largest absolute Gasteiger partial charge is 0.418 e. The molecular weight excluding hydrogens is 366 g/mol. The fourth-order valence-electron chi connectivity index (χ4n) is 3.92. The molecule has 0 saturated carbocycles. The molecule has 0 aliphatic carbocycles. The van der Waals surface area contributed by atoms with Crippen molar-refractivity contribution in [2.45, 2.75) is 39.3 Å². The number of hydrogen-bond acceptors (Lipinski definition) is 5. The van der Waals surface area contributed by atoms with E-state index in [1.165, 1.54) is 17.1 Å². The minimum Gasteiger partial charge on any atom is -0.418 e. The summed E-state index contributed by atoms with van der Waals surface area (Å²) >= 11 is 0. The van der Waals surface area contributed by atoms with E-state index in [2.05, 4.69) is 51.1 Å². The average molecular weight is 396 g/mol. The van der Waals surface area contributed by atoms with E-state index in [1.54, 1.807) is 0 Å². The molecule has 1 saturated heterocycles. The molecule has 1 aliphatic rings. The number of nitrogens with zero attached hydrogens (tertiary/aromatic N) is 3. The number of oxazole rings is 1. The Morgan fingerprint density at radius 2 is 1.97 bits per heavy atom. The normalized spacial score (nSPS) is 16.5. The summed E-state index contributed by atoms with van der Waals surface area (Å²) in [6, 6.07) is 9.24. The van der Waals surface area contributed by atoms with Gasteiger partial charge in [0.25, 0.3) is 11.9 Å². The first-order chi connectivity index (χ1) is 14.0. The molecule has 3 heterocycles. The molecule has 0 bridgehead atoms. The van der Waals surface area contributed by atoms with Gasteiger partial charge in [0.15, 0.2) is 0 Å². The van der Waals surface area contributed by atoms with Crippen LogP contribution < -0.4 is 10.2 Å². The van der Waals surface area contributed by atoms with E-state index in [4.69, 9.17) is 4.42 Å². The van der Waals surface area contributed by atoms with Crippen molar-refractivity contribution in [2.75, 3.05) is 31.1 Å². The number of para-hydroxylation sites is 1. The Morgan fingerprint density at radius 1 is 1.21 bits per heavy atom. The number of H-pyrrole nitrogens is 1. The molecule has 1 atom stereocenters. The number of anilines is 1. The highest BCUT2D eigenvalue weighted by Gasteiger charge is 2.23. The summed E-state index contributed by atoms with van der Waals surface area (Å²) in [7, 11) is 0. The summed E-state index contributed by atoms with van der Waals surface area (Å²) in [5.41, 5.74) is 2.30. The third kappa shape index (κ3) is 4.29. The number of aromatic nitrogens is 2. The van der Waals surface area contributed by atoms with Crippen LogP contribution in [0.25, 0.3) is 10.9 Å². The summed E-state index contributed by atoms with van der Waals surface area (Å²) in [6.07, 6.45) is 4.28. The van der Waals surface area contributed by atoms with E-state index in [1.807, 2.05) is 25.3 Å². The molecule has 0 spiro atoms. The number of benzene rings is 1. The zero-order chi connectivity index (χ0) is 20.4. The molecule has 1 amide bonds. The topological polar surface area (TPSA) is 77.4 Å². The molecule has 2 aromatic heterocycles. The first kappa shape index (κ1) is 19.5. The van der Waals surface area contributed by atoms with E-state index >= 15 is 0 Å². The standard InChI is InChI=1S/C22H29N5O2/c1-15(2)26-8-10-27(11-9-26)22-24-14-20(29-22)21(28)25-16(3)12-17-13-23-19-7-5-4-6-18(17)19/h4-7,13-16,23H,8-12H2,1-3H3,(H,25,28). The van der Waals surface area contributed by atoms with Crippen molar-refractivity contribution in [1.82, 2.24) is 20.2 Å². The van der Waals surface area contributed by atoms with Crippen molar-refractivity contribution in [3.05, 3.63) is 48.0 Å². The molecule has 1 unspecified atom stereocenters. The Kier molecular flexibility index (Phi) is 5.58. The second-order valence-corrected chi connectivity index (χ2v) is 8.06. The van der Waals surface area contributed by atoms with Crippen molar-refractivity contribution >= 4 is 22.8 Å². The molecule has 1 aliphatic heterocycles. The summed E-state index contributed by atoms with van der Waals surface area (Å²) in [5.74, 6) is 0.0361. The van der Waals surface area contributed by atoms with Crippen molar-refractivity contribution < 1.29 is 9.21 Å². The van der Waals surface area contributed by atoms with Gasteiger partial charge in [-0.25, -0.2) is 4.98 Å². The van der Waals surface area contributed by atoms with Gasteiger partial charge in [-0.1, -0.05) is 18.2 Å². The van der Waals surface area contributed by atoms with Gasteiger partial charge in [0.2, 0.25) is 5.76 Å². The molecule has 4 rings (SSSR count). The average Bonchev–Trinajstić information content (AvgIpc) is 3.36. The van der Waals surface area contributed by atoms with Gasteiger partial charge in [0.1, 0.15) is 0 Å². The minimum absolute atomic E-state index is 0.0233. The van der Waals surface area contributed by atoms with Crippen LogP contribution in [0.15, 0.2) is 41.1 Å². The predicted octanol–water partition coefficient (Wildman–Crippen LogP) is 3.05. The summed E-state index contributed by atoms with van der Waals surface area (Å²) in [4.78, 5) is 24.7. The molecular formula is C22H29N5O2. The molecule has 7 nitrogen and oxygen atoms in total. The van der Waals surface area contributed by atoms with E-state index in [9.17, 15) is 4.79 Å². The molecule has 7 heteroatoms. The van der Waals surface area contributed by atoms with E-state index in [0.29, 0.717) is 12.1 Å². The Labute approximate surface area is 171 Å². The van der Waals surface area contributed by atoms with Gasteiger partial charge in [-0.05, 0) is 38.8 Å². The van der Waals surface area contributed by atoms with Crippen molar-refractivity contribution in [3.63, 3.8) is 0 Å². The second kappa shape index (κ2) is 8.29. The van der Waals surface area contributed by atoms with Crippen molar-refractivity contribution in [2.24, 2.45) is 0 Å². The van der Waals surface area contributed by atoms with Crippen LogP contribution in [-0.4, -0.2) is 59.0 Å². The summed E-state index contributed by atoms with van der Waals surface area (Å²) in [6.45, 7) is 10.1. The Morgan fingerprint density at radius 3 is 2.72 bits per heavy atom. The number of amides is 1. The van der Waals surface area contributed by atoms with Gasteiger partial charge < -0.3 is 19.6 Å². The maximum Gasteiger partial charge on any atom is 0.298 e. The first-order valence-corrected chi connectivity index (χ1v) is 10.3. The number of nitrogens with one attached hydrogen (secondary N) is 2. The van der Waals surface area contributed by atoms with Crippen molar-refractivity contribution in [3.8, 4) is 0 Å². The highest BCUT2D eigenvalue weighted by molar-refractivity contribution is 5.91. The van der Waals surface area contributed by atoms with Gasteiger partial charge in [0.05, 0.1) is 6.20 Å². The van der Waals surface area contributed by atoms with E-state index in [0.717, 1.165) is 38.1 Å². The predicted molar refractivity (Wildman–Crippen MR) is 114 cm³/mol. The molecule has 1 aromatic carbocycles. The highest BCUT2D eigenvalue weighted by atomic mass is 16.4. The van der Waals surface area contributed by atoms with Gasteiger partial charge >= 0.3 is 0 Å². The Hall–Kier alpha value is -2.80. The SMILES string of the molecule is CC(Cc1c[nH]c2ccccc12)NC(=O)c1cnc(N2CCN(C(C)C)CC2)o1. The third-order valence-corrected chi connectivity index (χ3v) is 5.61. The van der Waals surface area contributed by atoms with E-state index < -0.39 is 0 Å². The van der Waals surface area contributed by atoms with Crippen LogP contribution in [0.5, 0.6) is 0 Å². The second-order valence-electron chi connectivity index (χ2n) is 8.06. The fourth-order valence-corrected chi connectivity index (χ4v) is 3.92. The summed E-state index contributed by atoms with van der Waals surface area (Å²) in [5, 5.41) is 4.21. The fraction of sp³-hybridized carbons (Fsp3) is 0.455. The van der Waals surface area contributed by atoms with Gasteiger partial charge in [-0.3, -0.25) is 9.69 Å².